The summed E-state index contributed by atoms with van der Waals surface area (Å²) in [7, 11) is 0. The second-order valence-electron chi connectivity index (χ2n) is 15.3. The Balaban J connectivity index is 1.39. The Kier molecular flexibility index (Phi) is 9.52. The van der Waals surface area contributed by atoms with Gasteiger partial charge < -0.3 is 21.3 Å². The first kappa shape index (κ1) is 36.4. The summed E-state index contributed by atoms with van der Waals surface area (Å²) in [6, 6.07) is 32.8. The van der Waals surface area contributed by atoms with Crippen LogP contribution in [-0.4, -0.2) is 35.2 Å². The summed E-state index contributed by atoms with van der Waals surface area (Å²) in [4.78, 5) is 29.1. The van der Waals surface area contributed by atoms with E-state index in [-0.39, 0.29) is 10.8 Å². The average molecular weight is 717 g/mol. The Bertz CT molecular complexity index is 2270. The van der Waals surface area contributed by atoms with Gasteiger partial charge >= 0.3 is 0 Å². The number of para-hydroxylation sites is 2. The highest BCUT2D eigenvalue weighted by atomic mass is 16.1. The van der Waals surface area contributed by atoms with Crippen molar-refractivity contribution in [2.45, 2.75) is 65.2 Å². The van der Waals surface area contributed by atoms with Gasteiger partial charge in [0.25, 0.3) is 0 Å². The first-order valence-corrected chi connectivity index (χ1v) is 18.9. The third kappa shape index (κ3) is 6.17. The molecule has 0 unspecified atom stereocenters. The highest BCUT2D eigenvalue weighted by Crippen LogP contribution is 2.49. The van der Waals surface area contributed by atoms with Crippen LogP contribution < -0.4 is 21.3 Å². The Morgan fingerprint density at radius 2 is 1.33 bits per heavy atom. The quantitative estimate of drug-likeness (QED) is 0.160. The molecular weight excluding hydrogens is 667 g/mol. The number of nitrogens with zero attached hydrogens (tertiary/aromatic N) is 3. The maximum Gasteiger partial charge on any atom is 0.248 e. The molecule has 4 aromatic carbocycles. The molecule has 2 amide bonds. The number of amides is 2. The minimum Gasteiger partial charge on any atom is -0.366 e. The second kappa shape index (κ2) is 14.1. The molecule has 0 radical (unpaired) electrons. The number of rotatable bonds is 10. The molecule has 0 bridgehead atoms. The van der Waals surface area contributed by atoms with Gasteiger partial charge in [-0.15, -0.1) is 0 Å². The van der Waals surface area contributed by atoms with Crippen LogP contribution in [0.4, 0.5) is 22.7 Å². The number of carbonyl (C=O) groups excluding carboxylic acids is 2. The lowest BCUT2D eigenvalue weighted by atomic mass is 9.80. The van der Waals surface area contributed by atoms with Crippen LogP contribution in [0.2, 0.25) is 0 Å². The normalized spacial score (nSPS) is 18.6. The summed E-state index contributed by atoms with van der Waals surface area (Å²) in [5, 5.41) is 0. The van der Waals surface area contributed by atoms with Crippen LogP contribution in [0.5, 0.6) is 0 Å². The van der Waals surface area contributed by atoms with Gasteiger partial charge in [-0.25, -0.2) is 0 Å². The van der Waals surface area contributed by atoms with Gasteiger partial charge in [-0.05, 0) is 118 Å². The third-order valence-electron chi connectivity index (χ3n) is 11.4. The molecule has 0 aromatic heterocycles. The van der Waals surface area contributed by atoms with Crippen molar-refractivity contribution in [3.63, 3.8) is 0 Å². The number of benzene rings is 4. The first-order chi connectivity index (χ1) is 25.9. The van der Waals surface area contributed by atoms with Gasteiger partial charge in [-0.3, -0.25) is 9.59 Å². The van der Waals surface area contributed by atoms with Gasteiger partial charge in [0.05, 0.1) is 11.1 Å². The molecule has 0 fully saturated rings. The van der Waals surface area contributed by atoms with Crippen molar-refractivity contribution in [1.82, 2.24) is 0 Å². The lowest BCUT2D eigenvalue weighted by Crippen LogP contribution is -2.28. The van der Waals surface area contributed by atoms with Crippen LogP contribution in [0, 0.1) is 0 Å². The summed E-state index contributed by atoms with van der Waals surface area (Å²) in [6.45, 7) is 14.8. The summed E-state index contributed by atoms with van der Waals surface area (Å²) in [5.41, 5.74) is 24.4. The van der Waals surface area contributed by atoms with Gasteiger partial charge in [-0.1, -0.05) is 62.4 Å². The molecule has 7 rings (SSSR count). The fourth-order valence-corrected chi connectivity index (χ4v) is 8.58. The van der Waals surface area contributed by atoms with Crippen LogP contribution in [-0.2, 0) is 10.8 Å². The largest absolute Gasteiger partial charge is 0.366 e. The number of primary amides is 2. The molecule has 2 heterocycles. The summed E-state index contributed by atoms with van der Waals surface area (Å²) in [5.74, 6) is -0.833. The van der Waals surface area contributed by atoms with Gasteiger partial charge in [-0.2, -0.15) is 4.58 Å². The molecule has 1 aliphatic carbocycles. The van der Waals surface area contributed by atoms with Crippen molar-refractivity contribution < 1.29 is 14.2 Å². The number of carbonyl (C=O) groups is 2. The third-order valence-corrected chi connectivity index (χ3v) is 11.4. The number of anilines is 3. The summed E-state index contributed by atoms with van der Waals surface area (Å²) < 4.78 is 2.35. The van der Waals surface area contributed by atoms with Crippen molar-refractivity contribution in [3.8, 4) is 0 Å². The summed E-state index contributed by atoms with van der Waals surface area (Å²) in [6.07, 6.45) is 10.9. The number of likely N-dealkylation sites (N-methyl/N-ethyl adjacent to an activating group) is 1. The monoisotopic (exact) mass is 716 g/mol. The van der Waals surface area contributed by atoms with E-state index in [4.69, 9.17) is 11.5 Å². The smallest absolute Gasteiger partial charge is 0.248 e. The van der Waals surface area contributed by atoms with E-state index in [1.54, 1.807) is 0 Å². The fourth-order valence-electron chi connectivity index (χ4n) is 8.58. The molecule has 0 saturated carbocycles. The molecule has 7 nitrogen and oxygen atoms in total. The molecule has 0 saturated heterocycles. The van der Waals surface area contributed by atoms with Gasteiger partial charge in [0, 0.05) is 63.6 Å². The van der Waals surface area contributed by atoms with E-state index in [0.717, 1.165) is 59.8 Å². The molecule has 274 valence electrons. The van der Waals surface area contributed by atoms with Crippen LogP contribution in [0.1, 0.15) is 86.2 Å². The molecule has 2 aliphatic heterocycles. The highest BCUT2D eigenvalue weighted by molar-refractivity contribution is 6.04. The van der Waals surface area contributed by atoms with Crippen molar-refractivity contribution in [3.05, 3.63) is 166 Å². The second-order valence-corrected chi connectivity index (χ2v) is 15.3. The molecule has 54 heavy (non-hydrogen) atoms. The molecular formula is C47H50N5O2+. The van der Waals surface area contributed by atoms with E-state index in [0.29, 0.717) is 11.1 Å². The number of nitrogens with two attached hydrogens (primary N) is 2. The van der Waals surface area contributed by atoms with Crippen LogP contribution in [0.25, 0.3) is 0 Å². The minimum atomic E-state index is -0.417. The first-order valence-electron chi connectivity index (χ1n) is 18.9. The minimum absolute atomic E-state index is 0.338. The zero-order valence-corrected chi connectivity index (χ0v) is 32.2. The van der Waals surface area contributed by atoms with Crippen LogP contribution in [0.3, 0.4) is 0 Å². The van der Waals surface area contributed by atoms with Crippen molar-refractivity contribution in [2.24, 2.45) is 11.5 Å². The fraction of sp³-hybridized carbons (Fsp3) is 0.255. The van der Waals surface area contributed by atoms with Crippen LogP contribution in [0.15, 0.2) is 144 Å². The Morgan fingerprint density at radius 1 is 0.741 bits per heavy atom. The number of hydrogen-bond donors (Lipinski definition) is 2. The molecule has 0 atom stereocenters. The van der Waals surface area contributed by atoms with Crippen molar-refractivity contribution in [1.29, 1.82) is 0 Å². The highest BCUT2D eigenvalue weighted by Gasteiger charge is 2.44. The van der Waals surface area contributed by atoms with E-state index in [9.17, 15) is 9.59 Å². The van der Waals surface area contributed by atoms with E-state index in [2.05, 4.69) is 141 Å². The Hall–Kier alpha value is -5.95. The van der Waals surface area contributed by atoms with Gasteiger partial charge in [0.15, 0.2) is 5.71 Å². The number of hydrogen-bond acceptors (Lipinski definition) is 4. The van der Waals surface area contributed by atoms with Gasteiger partial charge in [0.2, 0.25) is 17.5 Å². The van der Waals surface area contributed by atoms with Crippen molar-refractivity contribution in [2.75, 3.05) is 22.9 Å². The Labute approximate surface area is 319 Å². The molecule has 3 aliphatic rings. The Morgan fingerprint density at radius 3 is 1.91 bits per heavy atom. The summed E-state index contributed by atoms with van der Waals surface area (Å²) >= 11 is 0. The topological polar surface area (TPSA) is 95.7 Å². The van der Waals surface area contributed by atoms with E-state index in [1.165, 1.54) is 28.3 Å². The number of fused-ring (bicyclic) bond motifs is 2. The molecule has 7 heteroatoms. The maximum atomic E-state index is 12.2. The lowest BCUT2D eigenvalue weighted by molar-refractivity contribution is -0.433. The molecule has 4 aromatic rings. The van der Waals surface area contributed by atoms with Crippen molar-refractivity contribution >= 4 is 40.3 Å². The average Bonchev–Trinajstić information content (AvgIpc) is 3.74. The van der Waals surface area contributed by atoms with E-state index in [1.807, 2.05) is 36.4 Å². The maximum absolute atomic E-state index is 12.2. The van der Waals surface area contributed by atoms with E-state index >= 15 is 0 Å². The zero-order valence-electron chi connectivity index (χ0n) is 32.2. The lowest BCUT2D eigenvalue weighted by Gasteiger charge is -2.29. The molecule has 4 N–H and O–H groups in total. The zero-order chi connectivity index (χ0) is 38.4. The predicted octanol–water partition coefficient (Wildman–Crippen LogP) is 9.35. The number of allylic oxidation sites excluding steroid dienone is 7. The van der Waals surface area contributed by atoms with Crippen LogP contribution >= 0.6 is 0 Å². The van der Waals surface area contributed by atoms with Gasteiger partial charge in [0.1, 0.15) is 6.54 Å². The molecule has 0 spiro atoms. The SMILES string of the molecule is CCN1/C(=C/C=C2\CCC(/C=C/C3=[N+](CC)c4ccc(C(N)=O)cc4C3(C)C)=C2N(c2ccccc2)c2ccccc2)C(C)(C)c2cc(C(N)=O)ccc21. The standard InChI is InChI=1S/C47H49N5O2/c1-7-50-39-25-21-33(44(48)53)29-37(39)46(3,4)41(50)27-23-31-19-20-32(43(31)52(35-15-11-9-12-16-35)36-17-13-10-14-18-36)24-28-42-47(5,6)38-30-34(45(49)54)22-26-40(38)51(42)8-2/h9-18,21-30H,7-8,19-20H2,1-6H3,(H3-,48,49,53,54)/p+1. The van der Waals surface area contributed by atoms with E-state index < -0.39 is 11.8 Å². The predicted molar refractivity (Wildman–Crippen MR) is 221 cm³/mol.